The summed E-state index contributed by atoms with van der Waals surface area (Å²) in [5, 5.41) is 6.10. The number of sulfonamides is 1. The van der Waals surface area contributed by atoms with Gasteiger partial charge in [-0.15, -0.1) is 0 Å². The molecule has 0 unspecified atom stereocenters. The van der Waals surface area contributed by atoms with Crippen LogP contribution in [0.3, 0.4) is 0 Å². The van der Waals surface area contributed by atoms with Crippen molar-refractivity contribution in [2.45, 2.75) is 56.2 Å². The molecule has 0 bridgehead atoms. The summed E-state index contributed by atoms with van der Waals surface area (Å²) in [6.45, 7) is 0.914. The summed E-state index contributed by atoms with van der Waals surface area (Å²) in [6.07, 6.45) is 7.23. The molecule has 1 aromatic rings. The molecule has 1 saturated heterocycles. The average molecular weight is 340 g/mol. The summed E-state index contributed by atoms with van der Waals surface area (Å²) in [7, 11) is -3.36. The Morgan fingerprint density at radius 2 is 2.09 bits per heavy atom. The molecule has 3 rings (SSSR count). The van der Waals surface area contributed by atoms with Crippen LogP contribution in [0.4, 0.5) is 0 Å². The van der Waals surface area contributed by atoms with Crippen molar-refractivity contribution < 1.29 is 13.2 Å². The highest BCUT2D eigenvalue weighted by Crippen LogP contribution is 2.22. The maximum atomic E-state index is 12.6. The Kier molecular flexibility index (Phi) is 5.01. The number of aromatic amines is 1. The first-order valence-electron chi connectivity index (χ1n) is 8.32. The Morgan fingerprint density at radius 3 is 2.78 bits per heavy atom. The van der Waals surface area contributed by atoms with Gasteiger partial charge < -0.3 is 4.90 Å². The van der Waals surface area contributed by atoms with E-state index in [0.717, 1.165) is 37.8 Å². The van der Waals surface area contributed by atoms with Crippen LogP contribution in [0.2, 0.25) is 0 Å². The fraction of sp³-hybridized carbons (Fsp3) is 0.733. The van der Waals surface area contributed by atoms with Crippen LogP contribution in [0.15, 0.2) is 12.3 Å². The fourth-order valence-corrected chi connectivity index (χ4v) is 5.19. The van der Waals surface area contributed by atoms with Crippen molar-refractivity contribution in [1.29, 1.82) is 0 Å². The third-order valence-electron chi connectivity index (χ3n) is 4.76. The van der Waals surface area contributed by atoms with Crippen LogP contribution in [-0.4, -0.2) is 53.8 Å². The van der Waals surface area contributed by atoms with Gasteiger partial charge in [0.05, 0.1) is 11.7 Å². The lowest BCUT2D eigenvalue weighted by molar-refractivity contribution is -0.131. The van der Waals surface area contributed by atoms with Crippen LogP contribution in [0, 0.1) is 0 Å². The molecule has 8 heteroatoms. The van der Waals surface area contributed by atoms with Crippen molar-refractivity contribution in [3.63, 3.8) is 0 Å². The fourth-order valence-electron chi connectivity index (χ4n) is 3.45. The van der Waals surface area contributed by atoms with Crippen molar-refractivity contribution in [2.75, 3.05) is 13.1 Å². The molecule has 1 aliphatic heterocycles. The monoisotopic (exact) mass is 340 g/mol. The SMILES string of the molecule is O=C(Cc1ccn[nH]1)N1CCC[C@@H](S(=O)(=O)NC2CCCC2)C1. The molecular weight excluding hydrogens is 316 g/mol. The van der Waals surface area contributed by atoms with E-state index in [4.69, 9.17) is 0 Å². The summed E-state index contributed by atoms with van der Waals surface area (Å²) in [5.41, 5.74) is 0.754. The molecule has 1 saturated carbocycles. The van der Waals surface area contributed by atoms with Gasteiger partial charge in [0.15, 0.2) is 0 Å². The van der Waals surface area contributed by atoms with E-state index >= 15 is 0 Å². The third-order valence-corrected chi connectivity index (χ3v) is 6.68. The minimum absolute atomic E-state index is 0.0463. The van der Waals surface area contributed by atoms with Crippen LogP contribution >= 0.6 is 0 Å². The first-order chi connectivity index (χ1) is 11.0. The number of carbonyl (C=O) groups excluding carboxylic acids is 1. The van der Waals surface area contributed by atoms with Crippen LogP contribution in [-0.2, 0) is 21.2 Å². The van der Waals surface area contributed by atoms with E-state index in [1.807, 2.05) is 0 Å². The van der Waals surface area contributed by atoms with E-state index < -0.39 is 15.3 Å². The Labute approximate surface area is 136 Å². The second-order valence-electron chi connectivity index (χ2n) is 6.51. The molecule has 0 aromatic carbocycles. The molecule has 0 radical (unpaired) electrons. The summed E-state index contributed by atoms with van der Waals surface area (Å²) in [5.74, 6) is -0.0463. The van der Waals surface area contributed by atoms with Gasteiger partial charge in [-0.05, 0) is 31.7 Å². The van der Waals surface area contributed by atoms with Crippen molar-refractivity contribution in [2.24, 2.45) is 0 Å². The van der Waals surface area contributed by atoms with Gasteiger partial charge in [0.2, 0.25) is 15.9 Å². The lowest BCUT2D eigenvalue weighted by atomic mass is 10.1. The number of piperidine rings is 1. The first kappa shape index (κ1) is 16.4. The molecule has 7 nitrogen and oxygen atoms in total. The van der Waals surface area contributed by atoms with E-state index in [1.54, 1.807) is 17.2 Å². The second-order valence-corrected chi connectivity index (χ2v) is 8.50. The Morgan fingerprint density at radius 1 is 1.30 bits per heavy atom. The van der Waals surface area contributed by atoms with Crippen LogP contribution in [0.1, 0.15) is 44.2 Å². The lowest BCUT2D eigenvalue weighted by Gasteiger charge is -2.33. The van der Waals surface area contributed by atoms with E-state index in [2.05, 4.69) is 14.9 Å². The van der Waals surface area contributed by atoms with E-state index in [9.17, 15) is 13.2 Å². The number of amides is 1. The summed E-state index contributed by atoms with van der Waals surface area (Å²) < 4.78 is 28.0. The van der Waals surface area contributed by atoms with Gasteiger partial charge >= 0.3 is 0 Å². The van der Waals surface area contributed by atoms with Crippen LogP contribution in [0.5, 0.6) is 0 Å². The van der Waals surface area contributed by atoms with Gasteiger partial charge in [-0.3, -0.25) is 9.89 Å². The van der Waals surface area contributed by atoms with Crippen molar-refractivity contribution in [3.8, 4) is 0 Å². The van der Waals surface area contributed by atoms with Crippen LogP contribution in [0.25, 0.3) is 0 Å². The molecule has 23 heavy (non-hydrogen) atoms. The average Bonchev–Trinajstić information content (AvgIpc) is 3.21. The molecule has 1 aliphatic carbocycles. The molecule has 128 valence electrons. The highest BCUT2D eigenvalue weighted by atomic mass is 32.2. The summed E-state index contributed by atoms with van der Waals surface area (Å²) >= 11 is 0. The predicted molar refractivity (Wildman–Crippen MR) is 86.2 cm³/mol. The largest absolute Gasteiger partial charge is 0.341 e. The number of H-pyrrole nitrogens is 1. The molecule has 1 atom stereocenters. The smallest absolute Gasteiger partial charge is 0.228 e. The second kappa shape index (κ2) is 7.00. The number of hydrogen-bond acceptors (Lipinski definition) is 4. The predicted octanol–water partition coefficient (Wildman–Crippen LogP) is 0.805. The zero-order valence-corrected chi connectivity index (χ0v) is 14.0. The number of hydrogen-bond donors (Lipinski definition) is 2. The van der Waals surface area contributed by atoms with Crippen LogP contribution < -0.4 is 4.72 Å². The molecular formula is C15H24N4O3S. The van der Waals surface area contributed by atoms with Gasteiger partial charge in [0, 0.05) is 31.0 Å². The number of nitrogens with zero attached hydrogens (tertiary/aromatic N) is 2. The molecule has 2 N–H and O–H groups in total. The Bertz CT molecular complexity index is 623. The molecule has 2 heterocycles. The number of likely N-dealkylation sites (tertiary alicyclic amines) is 1. The normalized spacial score (nSPS) is 23.3. The zero-order chi connectivity index (χ0) is 16.3. The number of rotatable bonds is 5. The number of nitrogens with one attached hydrogen (secondary N) is 2. The Hall–Kier alpha value is -1.41. The van der Waals surface area contributed by atoms with E-state index in [0.29, 0.717) is 13.0 Å². The van der Waals surface area contributed by atoms with E-state index in [1.165, 1.54) is 0 Å². The Balaban J connectivity index is 1.59. The highest BCUT2D eigenvalue weighted by molar-refractivity contribution is 7.90. The minimum Gasteiger partial charge on any atom is -0.341 e. The molecule has 0 spiro atoms. The minimum atomic E-state index is -3.36. The molecule has 1 amide bonds. The maximum Gasteiger partial charge on any atom is 0.228 e. The zero-order valence-electron chi connectivity index (χ0n) is 13.2. The quantitative estimate of drug-likeness (QED) is 0.829. The van der Waals surface area contributed by atoms with Gasteiger partial charge in [0.1, 0.15) is 0 Å². The van der Waals surface area contributed by atoms with Gasteiger partial charge in [-0.1, -0.05) is 12.8 Å². The number of aromatic nitrogens is 2. The highest BCUT2D eigenvalue weighted by Gasteiger charge is 2.34. The summed E-state index contributed by atoms with van der Waals surface area (Å²) in [4.78, 5) is 14.0. The summed E-state index contributed by atoms with van der Waals surface area (Å²) in [6, 6.07) is 1.84. The number of carbonyl (C=O) groups is 1. The van der Waals surface area contributed by atoms with E-state index in [-0.39, 0.29) is 24.9 Å². The molecule has 2 fully saturated rings. The maximum absolute atomic E-state index is 12.6. The van der Waals surface area contributed by atoms with Gasteiger partial charge in [0.25, 0.3) is 0 Å². The van der Waals surface area contributed by atoms with Crippen molar-refractivity contribution in [1.82, 2.24) is 19.8 Å². The first-order valence-corrected chi connectivity index (χ1v) is 9.86. The van der Waals surface area contributed by atoms with Gasteiger partial charge in [-0.2, -0.15) is 5.10 Å². The van der Waals surface area contributed by atoms with Gasteiger partial charge in [-0.25, -0.2) is 13.1 Å². The molecule has 1 aromatic heterocycles. The molecule has 2 aliphatic rings. The third kappa shape index (κ3) is 4.11. The lowest BCUT2D eigenvalue weighted by Crippen LogP contribution is -2.50. The van der Waals surface area contributed by atoms with Crippen molar-refractivity contribution in [3.05, 3.63) is 18.0 Å². The topological polar surface area (TPSA) is 95.2 Å². The standard InChI is InChI=1S/C15H24N4O3S/c20-15(10-13-7-8-16-17-13)19-9-3-6-14(11-19)23(21,22)18-12-4-1-2-5-12/h7-8,12,14,18H,1-6,9-11H2,(H,16,17)/t14-/m1/s1. The van der Waals surface area contributed by atoms with Crippen molar-refractivity contribution >= 4 is 15.9 Å².